The molecule has 156 valence electrons. The number of benzene rings is 1. The number of halogens is 1. The van der Waals surface area contributed by atoms with E-state index in [-0.39, 0.29) is 49.5 Å². The molecule has 1 rings (SSSR count). The number of nitrogens with two attached hydrogens (primary N) is 1. The van der Waals surface area contributed by atoms with Crippen molar-refractivity contribution in [3.05, 3.63) is 29.8 Å². The van der Waals surface area contributed by atoms with E-state index >= 15 is 0 Å². The molecule has 0 saturated heterocycles. The maximum atomic E-state index is 12.8. The van der Waals surface area contributed by atoms with Crippen molar-refractivity contribution < 1.29 is 22.7 Å². The van der Waals surface area contributed by atoms with Gasteiger partial charge >= 0.3 is 0 Å². The molecule has 10 heteroatoms. The lowest BCUT2D eigenvalue weighted by Crippen LogP contribution is -2.48. The van der Waals surface area contributed by atoms with E-state index in [2.05, 4.69) is 5.32 Å². The quantitative estimate of drug-likeness (QED) is 0.546. The van der Waals surface area contributed by atoms with Crippen LogP contribution in [0.15, 0.2) is 29.2 Å². The summed E-state index contributed by atoms with van der Waals surface area (Å²) < 4.78 is 36.9. The molecule has 27 heavy (non-hydrogen) atoms. The molecular weight excluding hydrogens is 394 g/mol. The minimum Gasteiger partial charge on any atom is -0.383 e. The molecule has 0 atom stereocenters. The summed E-state index contributed by atoms with van der Waals surface area (Å²) in [6, 6.07) is 5.82. The number of nitrogens with zero attached hydrogens (tertiary/aromatic N) is 1. The fourth-order valence-corrected chi connectivity index (χ4v) is 3.50. The van der Waals surface area contributed by atoms with Gasteiger partial charge in [-0.1, -0.05) is 0 Å². The van der Waals surface area contributed by atoms with Gasteiger partial charge in [0, 0.05) is 45.0 Å². The van der Waals surface area contributed by atoms with Crippen molar-refractivity contribution in [1.82, 2.24) is 9.62 Å². The summed E-state index contributed by atoms with van der Waals surface area (Å²) in [6.45, 7) is 4.90. The number of carbonyl (C=O) groups excluding carboxylic acids is 1. The third-order valence-electron chi connectivity index (χ3n) is 3.81. The Hall–Kier alpha value is -1.23. The van der Waals surface area contributed by atoms with Gasteiger partial charge in [0.15, 0.2) is 0 Å². The second-order valence-corrected chi connectivity index (χ2v) is 8.39. The third kappa shape index (κ3) is 7.73. The first-order chi connectivity index (χ1) is 12.2. The predicted molar refractivity (Wildman–Crippen MR) is 107 cm³/mol. The van der Waals surface area contributed by atoms with Crippen LogP contribution in [0, 0.1) is 0 Å². The summed E-state index contributed by atoms with van der Waals surface area (Å²) in [6.07, 6.45) is 0. The summed E-state index contributed by atoms with van der Waals surface area (Å²) >= 11 is 0. The van der Waals surface area contributed by atoms with Gasteiger partial charge in [-0.2, -0.15) is 4.31 Å². The number of rotatable bonds is 11. The Morgan fingerprint density at radius 2 is 1.59 bits per heavy atom. The Morgan fingerprint density at radius 3 is 2.00 bits per heavy atom. The lowest BCUT2D eigenvalue weighted by Gasteiger charge is -2.24. The minimum atomic E-state index is -3.71. The second kappa shape index (κ2) is 11.6. The Bertz CT molecular complexity index is 672. The van der Waals surface area contributed by atoms with E-state index in [0.29, 0.717) is 12.1 Å². The van der Waals surface area contributed by atoms with E-state index in [1.807, 2.05) is 13.8 Å². The topological polar surface area (TPSA) is 111 Å². The average molecular weight is 424 g/mol. The van der Waals surface area contributed by atoms with Crippen molar-refractivity contribution >= 4 is 28.3 Å². The van der Waals surface area contributed by atoms with Gasteiger partial charge < -0.3 is 20.5 Å². The SMILES string of the molecule is COCCN(CCOC)S(=O)(=O)c1ccc(C(=O)NC(C)(C)CN)cc1.Cl. The number of hydrogen-bond acceptors (Lipinski definition) is 6. The van der Waals surface area contributed by atoms with Crippen LogP contribution < -0.4 is 11.1 Å². The van der Waals surface area contributed by atoms with Crippen LogP contribution in [0.5, 0.6) is 0 Å². The average Bonchev–Trinajstić information content (AvgIpc) is 2.61. The van der Waals surface area contributed by atoms with E-state index < -0.39 is 15.6 Å². The molecule has 0 fully saturated rings. The summed E-state index contributed by atoms with van der Waals surface area (Å²) in [5, 5.41) is 2.80. The summed E-state index contributed by atoms with van der Waals surface area (Å²) in [7, 11) is -0.684. The molecule has 1 aromatic carbocycles. The first-order valence-electron chi connectivity index (χ1n) is 8.28. The van der Waals surface area contributed by atoms with Crippen LogP contribution in [0.4, 0.5) is 0 Å². The molecule has 1 aromatic rings. The van der Waals surface area contributed by atoms with Crippen molar-refractivity contribution in [2.24, 2.45) is 5.73 Å². The number of methoxy groups -OCH3 is 2. The summed E-state index contributed by atoms with van der Waals surface area (Å²) in [4.78, 5) is 12.3. The largest absolute Gasteiger partial charge is 0.383 e. The van der Waals surface area contributed by atoms with Gasteiger partial charge in [-0.15, -0.1) is 12.4 Å². The number of amides is 1. The molecule has 0 spiro atoms. The number of sulfonamides is 1. The monoisotopic (exact) mass is 423 g/mol. The zero-order valence-corrected chi connectivity index (χ0v) is 17.9. The van der Waals surface area contributed by atoms with Gasteiger partial charge in [0.1, 0.15) is 0 Å². The van der Waals surface area contributed by atoms with Crippen LogP contribution in [0.1, 0.15) is 24.2 Å². The number of hydrogen-bond donors (Lipinski definition) is 2. The first-order valence-corrected chi connectivity index (χ1v) is 9.72. The van der Waals surface area contributed by atoms with E-state index in [1.54, 1.807) is 0 Å². The van der Waals surface area contributed by atoms with Gasteiger partial charge in [-0.25, -0.2) is 8.42 Å². The first kappa shape index (κ1) is 25.8. The number of carbonyl (C=O) groups is 1. The van der Waals surface area contributed by atoms with Crippen LogP contribution in [-0.2, 0) is 19.5 Å². The fourth-order valence-electron chi connectivity index (χ4n) is 2.10. The molecule has 1 amide bonds. The molecule has 0 bridgehead atoms. The van der Waals surface area contributed by atoms with Gasteiger partial charge in [0.2, 0.25) is 10.0 Å². The molecule has 0 aliphatic carbocycles. The van der Waals surface area contributed by atoms with Crippen molar-refractivity contribution in [2.45, 2.75) is 24.3 Å². The Labute approximate surface area is 167 Å². The molecule has 0 aliphatic rings. The van der Waals surface area contributed by atoms with Crippen LogP contribution in [0.25, 0.3) is 0 Å². The van der Waals surface area contributed by atoms with Gasteiger partial charge in [0.25, 0.3) is 5.91 Å². The second-order valence-electron chi connectivity index (χ2n) is 6.46. The standard InChI is InChI=1S/C17H29N3O5S.ClH/c1-17(2,13-18)19-16(21)14-5-7-15(8-6-14)26(22,23)20(9-11-24-3)10-12-25-4;/h5-8H,9-13,18H2,1-4H3,(H,19,21);1H. The van der Waals surface area contributed by atoms with Crippen molar-refractivity contribution in [1.29, 1.82) is 0 Å². The Morgan fingerprint density at radius 1 is 1.11 bits per heavy atom. The highest BCUT2D eigenvalue weighted by Crippen LogP contribution is 2.17. The molecular formula is C17H30ClN3O5S. The molecule has 0 radical (unpaired) electrons. The van der Waals surface area contributed by atoms with Gasteiger partial charge in [-0.05, 0) is 38.1 Å². The Balaban J connectivity index is 0.00000676. The van der Waals surface area contributed by atoms with Crippen LogP contribution >= 0.6 is 12.4 Å². The maximum Gasteiger partial charge on any atom is 0.251 e. The summed E-state index contributed by atoms with van der Waals surface area (Å²) in [5.41, 5.74) is 5.43. The Kier molecular flexibility index (Phi) is 11.0. The van der Waals surface area contributed by atoms with Crippen LogP contribution in [0.2, 0.25) is 0 Å². The van der Waals surface area contributed by atoms with E-state index in [9.17, 15) is 13.2 Å². The van der Waals surface area contributed by atoms with Crippen LogP contribution in [-0.4, -0.2) is 71.2 Å². The van der Waals surface area contributed by atoms with Crippen molar-refractivity contribution in [3.63, 3.8) is 0 Å². The number of nitrogens with one attached hydrogen (secondary N) is 1. The van der Waals surface area contributed by atoms with Crippen molar-refractivity contribution in [3.8, 4) is 0 Å². The lowest BCUT2D eigenvalue weighted by atomic mass is 10.1. The zero-order valence-electron chi connectivity index (χ0n) is 16.2. The van der Waals surface area contributed by atoms with Crippen LogP contribution in [0.3, 0.4) is 0 Å². The lowest BCUT2D eigenvalue weighted by molar-refractivity contribution is 0.0915. The van der Waals surface area contributed by atoms with Gasteiger partial charge in [-0.3, -0.25) is 4.79 Å². The highest BCUT2D eigenvalue weighted by molar-refractivity contribution is 7.89. The fraction of sp³-hybridized carbons (Fsp3) is 0.588. The van der Waals surface area contributed by atoms with E-state index in [4.69, 9.17) is 15.2 Å². The zero-order chi connectivity index (χ0) is 19.8. The van der Waals surface area contributed by atoms with E-state index in [1.165, 1.54) is 42.8 Å². The third-order valence-corrected chi connectivity index (χ3v) is 5.72. The van der Waals surface area contributed by atoms with Gasteiger partial charge in [0.05, 0.1) is 18.1 Å². The van der Waals surface area contributed by atoms with Crippen molar-refractivity contribution in [2.75, 3.05) is 47.1 Å². The summed E-state index contributed by atoms with van der Waals surface area (Å²) in [5.74, 6) is -0.306. The predicted octanol–water partition coefficient (Wildman–Crippen LogP) is 0.859. The number of ether oxygens (including phenoxy) is 2. The molecule has 3 N–H and O–H groups in total. The smallest absolute Gasteiger partial charge is 0.251 e. The van der Waals surface area contributed by atoms with E-state index in [0.717, 1.165) is 0 Å². The molecule has 0 saturated carbocycles. The maximum absolute atomic E-state index is 12.8. The highest BCUT2D eigenvalue weighted by Gasteiger charge is 2.25. The molecule has 0 unspecified atom stereocenters. The molecule has 0 aliphatic heterocycles. The molecule has 8 nitrogen and oxygen atoms in total. The molecule has 0 heterocycles. The molecule has 0 aromatic heterocycles. The highest BCUT2D eigenvalue weighted by atomic mass is 35.5. The normalized spacial score (nSPS) is 11.9. The minimum absolute atomic E-state index is 0.